The van der Waals surface area contributed by atoms with E-state index in [1.54, 1.807) is 0 Å². The number of hydrogen-bond donors (Lipinski definition) is 0. The summed E-state index contributed by atoms with van der Waals surface area (Å²) in [6.45, 7) is 3.44. The molecule has 1 radical (unpaired) electrons. The van der Waals surface area contributed by atoms with Gasteiger partial charge in [-0.05, 0) is 26.8 Å². The lowest BCUT2D eigenvalue weighted by Gasteiger charge is -2.12. The Balaban J connectivity index is 2.33. The Hall–Kier alpha value is -0.0400. The van der Waals surface area contributed by atoms with Crippen molar-refractivity contribution < 1.29 is 0 Å². The van der Waals surface area contributed by atoms with Crippen LogP contribution in [0.2, 0.25) is 0 Å². The van der Waals surface area contributed by atoms with Gasteiger partial charge in [0.1, 0.15) is 0 Å². The standard InChI is InChI=1S/C6H12N/c1-6-4-3-5-7(6)2/h3,6H,4-5H2,1-2H3. The molecule has 1 heterocycles. The third-order valence-electron chi connectivity index (χ3n) is 1.68. The van der Waals surface area contributed by atoms with Gasteiger partial charge in [-0.3, -0.25) is 0 Å². The number of rotatable bonds is 0. The highest BCUT2D eigenvalue weighted by Gasteiger charge is 2.14. The molecule has 0 aliphatic carbocycles. The first-order chi connectivity index (χ1) is 3.30. The minimum atomic E-state index is 0.792. The third kappa shape index (κ3) is 0.942. The highest BCUT2D eigenvalue weighted by molar-refractivity contribution is 4.84. The van der Waals surface area contributed by atoms with Crippen molar-refractivity contribution in [2.24, 2.45) is 0 Å². The van der Waals surface area contributed by atoms with Crippen LogP contribution in [0.4, 0.5) is 0 Å². The first-order valence-corrected chi connectivity index (χ1v) is 2.82. The molecule has 0 saturated carbocycles. The van der Waals surface area contributed by atoms with E-state index in [9.17, 15) is 0 Å². The number of likely N-dealkylation sites (tertiary alicyclic amines) is 1. The van der Waals surface area contributed by atoms with Crippen LogP contribution in [0.1, 0.15) is 13.3 Å². The van der Waals surface area contributed by atoms with Gasteiger partial charge in [0.15, 0.2) is 0 Å². The van der Waals surface area contributed by atoms with E-state index in [0.717, 1.165) is 6.04 Å². The zero-order valence-electron chi connectivity index (χ0n) is 5.02. The van der Waals surface area contributed by atoms with Gasteiger partial charge in [-0.15, -0.1) is 0 Å². The highest BCUT2D eigenvalue weighted by Crippen LogP contribution is 2.11. The molecule has 1 rings (SSSR count). The van der Waals surface area contributed by atoms with Crippen LogP contribution < -0.4 is 0 Å². The maximum absolute atomic E-state index is 2.35. The van der Waals surface area contributed by atoms with Crippen molar-refractivity contribution in [3.8, 4) is 0 Å². The predicted octanol–water partition coefficient (Wildman–Crippen LogP) is 0.915. The molecule has 0 N–H and O–H groups in total. The summed E-state index contributed by atoms with van der Waals surface area (Å²) in [7, 11) is 2.16. The summed E-state index contributed by atoms with van der Waals surface area (Å²) >= 11 is 0. The van der Waals surface area contributed by atoms with Crippen molar-refractivity contribution in [3.05, 3.63) is 6.42 Å². The fraction of sp³-hybridized carbons (Fsp3) is 0.833. The molecule has 0 amide bonds. The molecular formula is C6H12N. The molecule has 1 heteroatoms. The largest absolute Gasteiger partial charge is 0.303 e. The minimum absolute atomic E-state index is 0.792. The quantitative estimate of drug-likeness (QED) is 0.435. The molecular weight excluding hydrogens is 86.1 g/mol. The second-order valence-electron chi connectivity index (χ2n) is 2.31. The number of nitrogens with zero attached hydrogens (tertiary/aromatic N) is 1. The van der Waals surface area contributed by atoms with Gasteiger partial charge in [0.05, 0.1) is 0 Å². The van der Waals surface area contributed by atoms with Crippen LogP contribution >= 0.6 is 0 Å². The predicted molar refractivity (Wildman–Crippen MR) is 31.0 cm³/mol. The Morgan fingerprint density at radius 1 is 1.71 bits per heavy atom. The molecule has 0 aromatic heterocycles. The van der Waals surface area contributed by atoms with Crippen LogP contribution in [0, 0.1) is 6.42 Å². The molecule has 1 aliphatic heterocycles. The molecule has 1 unspecified atom stereocenters. The van der Waals surface area contributed by atoms with Gasteiger partial charge in [0, 0.05) is 12.6 Å². The average Bonchev–Trinajstić information content (AvgIpc) is 1.91. The van der Waals surface area contributed by atoms with Crippen molar-refractivity contribution in [1.82, 2.24) is 4.90 Å². The summed E-state index contributed by atoms with van der Waals surface area (Å²) in [5.74, 6) is 0. The molecule has 1 fully saturated rings. The van der Waals surface area contributed by atoms with E-state index < -0.39 is 0 Å². The molecule has 0 spiro atoms. The smallest absolute Gasteiger partial charge is 0.00672 e. The second-order valence-corrected chi connectivity index (χ2v) is 2.31. The fourth-order valence-electron chi connectivity index (χ4n) is 0.879. The Morgan fingerprint density at radius 3 is 2.57 bits per heavy atom. The number of hydrogen-bond acceptors (Lipinski definition) is 1. The summed E-state index contributed by atoms with van der Waals surface area (Å²) in [6.07, 6.45) is 3.60. The van der Waals surface area contributed by atoms with Crippen LogP contribution in [0.3, 0.4) is 0 Å². The average molecular weight is 98.2 g/mol. The van der Waals surface area contributed by atoms with Crippen molar-refractivity contribution in [2.75, 3.05) is 13.6 Å². The molecule has 0 bridgehead atoms. The Bertz CT molecular complexity index is 53.2. The molecule has 1 aliphatic rings. The van der Waals surface area contributed by atoms with Gasteiger partial charge in [-0.25, -0.2) is 0 Å². The minimum Gasteiger partial charge on any atom is -0.303 e. The summed E-state index contributed by atoms with van der Waals surface area (Å²) in [5, 5.41) is 0. The summed E-state index contributed by atoms with van der Waals surface area (Å²) in [6, 6.07) is 0.792. The molecule has 0 aromatic carbocycles. The van der Waals surface area contributed by atoms with Gasteiger partial charge in [0.25, 0.3) is 0 Å². The molecule has 0 aromatic rings. The van der Waals surface area contributed by atoms with Gasteiger partial charge in [-0.1, -0.05) is 0 Å². The third-order valence-corrected chi connectivity index (χ3v) is 1.68. The van der Waals surface area contributed by atoms with Gasteiger partial charge < -0.3 is 4.90 Å². The normalized spacial score (nSPS) is 34.3. The van der Waals surface area contributed by atoms with E-state index in [0.29, 0.717) is 0 Å². The van der Waals surface area contributed by atoms with Crippen LogP contribution in [0.15, 0.2) is 0 Å². The van der Waals surface area contributed by atoms with E-state index in [1.165, 1.54) is 13.0 Å². The lowest BCUT2D eigenvalue weighted by molar-refractivity contribution is 0.332. The monoisotopic (exact) mass is 98.1 g/mol. The fourth-order valence-corrected chi connectivity index (χ4v) is 0.879. The van der Waals surface area contributed by atoms with E-state index >= 15 is 0 Å². The Morgan fingerprint density at radius 2 is 2.43 bits per heavy atom. The van der Waals surface area contributed by atoms with Crippen LogP contribution in [0.5, 0.6) is 0 Å². The first-order valence-electron chi connectivity index (χ1n) is 2.82. The zero-order valence-corrected chi connectivity index (χ0v) is 5.02. The van der Waals surface area contributed by atoms with Gasteiger partial charge in [0.2, 0.25) is 0 Å². The molecule has 41 valence electrons. The van der Waals surface area contributed by atoms with Crippen molar-refractivity contribution >= 4 is 0 Å². The summed E-state index contributed by atoms with van der Waals surface area (Å²) in [5.41, 5.74) is 0. The lowest BCUT2D eigenvalue weighted by Crippen LogP contribution is -2.20. The molecule has 7 heavy (non-hydrogen) atoms. The topological polar surface area (TPSA) is 3.24 Å². The van der Waals surface area contributed by atoms with E-state index in [1.807, 2.05) is 0 Å². The molecule has 1 atom stereocenters. The van der Waals surface area contributed by atoms with E-state index in [-0.39, 0.29) is 0 Å². The van der Waals surface area contributed by atoms with Crippen molar-refractivity contribution in [2.45, 2.75) is 19.4 Å². The first kappa shape index (κ1) is 5.10. The van der Waals surface area contributed by atoms with Crippen molar-refractivity contribution in [3.63, 3.8) is 0 Å². The highest BCUT2D eigenvalue weighted by atomic mass is 15.1. The maximum Gasteiger partial charge on any atom is 0.00672 e. The summed E-state index contributed by atoms with van der Waals surface area (Å²) < 4.78 is 0. The van der Waals surface area contributed by atoms with Gasteiger partial charge in [-0.2, -0.15) is 0 Å². The van der Waals surface area contributed by atoms with Gasteiger partial charge >= 0.3 is 0 Å². The van der Waals surface area contributed by atoms with Crippen molar-refractivity contribution in [1.29, 1.82) is 0 Å². The summed E-state index contributed by atoms with van der Waals surface area (Å²) in [4.78, 5) is 2.35. The van der Waals surface area contributed by atoms with E-state index in [4.69, 9.17) is 0 Å². The Labute approximate surface area is 45.3 Å². The lowest BCUT2D eigenvalue weighted by atomic mass is 10.3. The van der Waals surface area contributed by atoms with Crippen LogP contribution in [-0.2, 0) is 0 Å². The second kappa shape index (κ2) is 1.83. The molecule has 1 saturated heterocycles. The molecule has 1 nitrogen and oxygen atoms in total. The zero-order chi connectivity index (χ0) is 5.28. The SMILES string of the molecule is CC1C[CH]CN1C. The van der Waals surface area contributed by atoms with Crippen LogP contribution in [0.25, 0.3) is 0 Å². The Kier molecular flexibility index (Phi) is 1.33. The van der Waals surface area contributed by atoms with E-state index in [2.05, 4.69) is 25.3 Å². The maximum atomic E-state index is 2.35. The van der Waals surface area contributed by atoms with Crippen LogP contribution in [-0.4, -0.2) is 24.5 Å².